The Kier molecular flexibility index (Phi) is 4.81. The molecule has 0 heterocycles. The van der Waals surface area contributed by atoms with Crippen LogP contribution >= 0.6 is 0 Å². The van der Waals surface area contributed by atoms with Crippen molar-refractivity contribution in [2.45, 2.75) is 11.8 Å². The molecular formula is C14H14N4O5S. The third-order valence-electron chi connectivity index (χ3n) is 3.04. The number of rotatable bonds is 4. The molecule has 2 amide bonds. The molecule has 0 bridgehead atoms. The number of aryl methyl sites for hydroxylation is 1. The highest BCUT2D eigenvalue weighted by atomic mass is 32.2. The minimum atomic E-state index is -3.82. The molecule has 2 aromatic carbocycles. The van der Waals surface area contributed by atoms with Crippen LogP contribution in [0, 0.1) is 17.0 Å². The minimum absolute atomic E-state index is 0.0456. The molecule has 2 aromatic rings. The van der Waals surface area contributed by atoms with Crippen molar-refractivity contribution in [3.63, 3.8) is 0 Å². The Morgan fingerprint density at radius 1 is 1.12 bits per heavy atom. The number of nitrogens with zero attached hydrogens (tertiary/aromatic N) is 1. The molecule has 4 N–H and O–H groups in total. The second kappa shape index (κ2) is 6.64. The van der Waals surface area contributed by atoms with Crippen molar-refractivity contribution >= 4 is 33.1 Å². The van der Waals surface area contributed by atoms with Gasteiger partial charge in [-0.25, -0.2) is 18.4 Å². The van der Waals surface area contributed by atoms with Gasteiger partial charge in [0.25, 0.3) is 5.69 Å². The van der Waals surface area contributed by atoms with E-state index in [0.717, 1.165) is 0 Å². The number of nitrogens with one attached hydrogen (secondary N) is 2. The van der Waals surface area contributed by atoms with Crippen LogP contribution in [0.1, 0.15) is 5.56 Å². The number of benzene rings is 2. The second-order valence-electron chi connectivity index (χ2n) is 4.93. The number of nitro benzene ring substituents is 1. The predicted octanol–water partition coefficient (Wildman–Crippen LogP) is 2.19. The highest BCUT2D eigenvalue weighted by molar-refractivity contribution is 7.89. The molecular weight excluding hydrogens is 336 g/mol. The maximum atomic E-state index is 11.9. The molecule has 10 heteroatoms. The van der Waals surface area contributed by atoms with Crippen LogP contribution in [0.3, 0.4) is 0 Å². The van der Waals surface area contributed by atoms with E-state index in [4.69, 9.17) is 5.14 Å². The first kappa shape index (κ1) is 17.4. The number of carbonyl (C=O) groups is 1. The summed E-state index contributed by atoms with van der Waals surface area (Å²) in [5.41, 5.74) is 0.805. The number of anilines is 2. The molecule has 0 atom stereocenters. The summed E-state index contributed by atoms with van der Waals surface area (Å²) in [5, 5.41) is 20.8. The van der Waals surface area contributed by atoms with Crippen molar-refractivity contribution in [1.82, 2.24) is 0 Å². The average molecular weight is 350 g/mol. The van der Waals surface area contributed by atoms with Gasteiger partial charge < -0.3 is 10.6 Å². The zero-order valence-corrected chi connectivity index (χ0v) is 13.3. The molecule has 0 aliphatic rings. The summed E-state index contributed by atoms with van der Waals surface area (Å²) in [6.07, 6.45) is 0. The van der Waals surface area contributed by atoms with Gasteiger partial charge in [-0.05, 0) is 42.8 Å². The van der Waals surface area contributed by atoms with Crippen molar-refractivity contribution in [1.29, 1.82) is 0 Å². The number of urea groups is 1. The Labute approximate surface area is 137 Å². The van der Waals surface area contributed by atoms with E-state index < -0.39 is 21.0 Å². The van der Waals surface area contributed by atoms with Crippen LogP contribution in [-0.4, -0.2) is 19.4 Å². The van der Waals surface area contributed by atoms with Gasteiger partial charge >= 0.3 is 6.03 Å². The Morgan fingerprint density at radius 2 is 1.75 bits per heavy atom. The quantitative estimate of drug-likeness (QED) is 0.572. The minimum Gasteiger partial charge on any atom is -0.308 e. The summed E-state index contributed by atoms with van der Waals surface area (Å²) in [6.45, 7) is 1.70. The topological polar surface area (TPSA) is 144 Å². The van der Waals surface area contributed by atoms with Gasteiger partial charge in [-0.1, -0.05) is 6.07 Å². The summed E-state index contributed by atoms with van der Waals surface area (Å²) in [5.74, 6) is 0. The summed E-state index contributed by atoms with van der Waals surface area (Å²) in [4.78, 5) is 22.3. The van der Waals surface area contributed by atoms with Crippen LogP contribution in [0.5, 0.6) is 0 Å². The monoisotopic (exact) mass is 350 g/mol. The zero-order valence-electron chi connectivity index (χ0n) is 12.5. The summed E-state index contributed by atoms with van der Waals surface area (Å²) in [7, 11) is -3.82. The molecule has 0 aliphatic carbocycles. The maximum Gasteiger partial charge on any atom is 0.323 e. The van der Waals surface area contributed by atoms with Gasteiger partial charge in [-0.15, -0.1) is 0 Å². The lowest BCUT2D eigenvalue weighted by atomic mass is 10.2. The number of nitro groups is 1. The lowest BCUT2D eigenvalue weighted by molar-refractivity contribution is -0.384. The third-order valence-corrected chi connectivity index (χ3v) is 3.97. The van der Waals surface area contributed by atoms with Gasteiger partial charge in [0, 0.05) is 11.8 Å². The van der Waals surface area contributed by atoms with Crippen molar-refractivity contribution in [3.05, 3.63) is 58.1 Å². The number of primary sulfonamides is 1. The summed E-state index contributed by atoms with van der Waals surface area (Å²) >= 11 is 0. The number of sulfonamides is 1. The molecule has 0 saturated carbocycles. The van der Waals surface area contributed by atoms with Gasteiger partial charge in [-0.3, -0.25) is 10.1 Å². The van der Waals surface area contributed by atoms with Gasteiger partial charge in [0.15, 0.2) is 0 Å². The standard InChI is InChI=1S/C14H14N4O5S/c1-9-2-7-12(13(8-9)18(20)21)17-14(19)16-10-3-5-11(6-4-10)24(15,22)23/h2-8H,1H3,(H2,15,22,23)(H2,16,17,19). The Morgan fingerprint density at radius 3 is 2.29 bits per heavy atom. The highest BCUT2D eigenvalue weighted by Gasteiger charge is 2.16. The Balaban J connectivity index is 2.13. The maximum absolute atomic E-state index is 11.9. The van der Waals surface area contributed by atoms with E-state index in [-0.39, 0.29) is 16.3 Å². The van der Waals surface area contributed by atoms with Crippen molar-refractivity contribution < 1.29 is 18.1 Å². The molecule has 0 spiro atoms. The lowest BCUT2D eigenvalue weighted by Gasteiger charge is -2.09. The molecule has 126 valence electrons. The largest absolute Gasteiger partial charge is 0.323 e. The molecule has 9 nitrogen and oxygen atoms in total. The van der Waals surface area contributed by atoms with Crippen LogP contribution in [0.2, 0.25) is 0 Å². The van der Waals surface area contributed by atoms with E-state index in [1.165, 1.54) is 36.4 Å². The van der Waals surface area contributed by atoms with Crippen LogP contribution in [0.25, 0.3) is 0 Å². The normalized spacial score (nSPS) is 10.9. The fourth-order valence-electron chi connectivity index (χ4n) is 1.91. The second-order valence-corrected chi connectivity index (χ2v) is 6.49. The average Bonchev–Trinajstić information content (AvgIpc) is 2.48. The van der Waals surface area contributed by atoms with E-state index >= 15 is 0 Å². The van der Waals surface area contributed by atoms with Crippen LogP contribution in [0.15, 0.2) is 47.4 Å². The molecule has 0 fully saturated rings. The third kappa shape index (κ3) is 4.27. The molecule has 0 radical (unpaired) electrons. The predicted molar refractivity (Wildman–Crippen MR) is 88.3 cm³/mol. The van der Waals surface area contributed by atoms with Crippen LogP contribution < -0.4 is 15.8 Å². The van der Waals surface area contributed by atoms with Gasteiger partial charge in [0.1, 0.15) is 5.69 Å². The van der Waals surface area contributed by atoms with Crippen molar-refractivity contribution in [3.8, 4) is 0 Å². The smallest absolute Gasteiger partial charge is 0.308 e. The van der Waals surface area contributed by atoms with E-state index in [1.54, 1.807) is 13.0 Å². The van der Waals surface area contributed by atoms with E-state index in [0.29, 0.717) is 11.3 Å². The number of carbonyl (C=O) groups excluding carboxylic acids is 1. The first-order chi connectivity index (χ1) is 11.2. The summed E-state index contributed by atoms with van der Waals surface area (Å²) in [6, 6.07) is 8.87. The molecule has 0 unspecified atom stereocenters. The van der Waals surface area contributed by atoms with E-state index in [9.17, 15) is 23.3 Å². The molecule has 24 heavy (non-hydrogen) atoms. The van der Waals surface area contributed by atoms with Gasteiger partial charge in [0.05, 0.1) is 9.82 Å². The molecule has 0 aromatic heterocycles. The number of nitrogens with two attached hydrogens (primary N) is 1. The molecule has 0 aliphatic heterocycles. The fraction of sp³-hybridized carbons (Fsp3) is 0.0714. The molecule has 0 saturated heterocycles. The van der Waals surface area contributed by atoms with Crippen molar-refractivity contribution in [2.75, 3.05) is 10.6 Å². The van der Waals surface area contributed by atoms with E-state index in [2.05, 4.69) is 10.6 Å². The van der Waals surface area contributed by atoms with Gasteiger partial charge in [-0.2, -0.15) is 0 Å². The highest BCUT2D eigenvalue weighted by Crippen LogP contribution is 2.25. The number of hydrogen-bond donors (Lipinski definition) is 3. The first-order valence-electron chi connectivity index (χ1n) is 6.63. The zero-order chi connectivity index (χ0) is 17.9. The van der Waals surface area contributed by atoms with Crippen LogP contribution in [-0.2, 0) is 10.0 Å². The summed E-state index contributed by atoms with van der Waals surface area (Å²) < 4.78 is 22.3. The van der Waals surface area contributed by atoms with Crippen molar-refractivity contribution in [2.24, 2.45) is 5.14 Å². The lowest BCUT2D eigenvalue weighted by Crippen LogP contribution is -2.20. The van der Waals surface area contributed by atoms with Gasteiger partial charge in [0.2, 0.25) is 10.0 Å². The fourth-order valence-corrected chi connectivity index (χ4v) is 2.43. The number of hydrogen-bond acceptors (Lipinski definition) is 5. The SMILES string of the molecule is Cc1ccc(NC(=O)Nc2ccc(S(N)(=O)=O)cc2)c([N+](=O)[O-])c1. The Hall–Kier alpha value is -2.98. The van der Waals surface area contributed by atoms with E-state index in [1.807, 2.05) is 0 Å². The molecule has 2 rings (SSSR count). The number of amides is 2. The van der Waals surface area contributed by atoms with Crippen LogP contribution in [0.4, 0.5) is 21.9 Å². The first-order valence-corrected chi connectivity index (χ1v) is 8.17. The Bertz CT molecular complexity index is 894.